The lowest BCUT2D eigenvalue weighted by atomic mass is 9.77. The molecule has 2 atom stereocenters. The molecule has 0 saturated carbocycles. The van der Waals surface area contributed by atoms with E-state index in [9.17, 15) is 8.42 Å². The molecule has 2 aromatic carbocycles. The Morgan fingerprint density at radius 3 is 2.61 bits per heavy atom. The van der Waals surface area contributed by atoms with Crippen molar-refractivity contribution >= 4 is 21.8 Å². The van der Waals surface area contributed by atoms with Gasteiger partial charge in [-0.15, -0.1) is 11.8 Å². The van der Waals surface area contributed by atoms with Gasteiger partial charge in [-0.25, -0.2) is 8.42 Å². The Morgan fingerprint density at radius 2 is 1.90 bits per heavy atom. The van der Waals surface area contributed by atoms with Crippen LogP contribution in [0.4, 0.5) is 0 Å². The van der Waals surface area contributed by atoms with E-state index in [1.807, 2.05) is 57.2 Å². The third-order valence-corrected chi connectivity index (χ3v) is 9.70. The number of fused-ring (bicyclic) bond motifs is 2. The minimum atomic E-state index is -3.70. The first-order valence-corrected chi connectivity index (χ1v) is 12.5. The van der Waals surface area contributed by atoms with Crippen LogP contribution in [-0.4, -0.2) is 36.7 Å². The quantitative estimate of drug-likeness (QED) is 0.663. The number of benzene rings is 2. The van der Waals surface area contributed by atoms with Gasteiger partial charge in [-0.1, -0.05) is 23.8 Å². The van der Waals surface area contributed by atoms with Gasteiger partial charge < -0.3 is 9.47 Å². The number of methoxy groups -OCH3 is 1. The second kappa shape index (κ2) is 6.89. The number of hydrogen-bond donors (Lipinski definition) is 0. The van der Waals surface area contributed by atoms with Crippen molar-refractivity contribution in [2.24, 2.45) is 0 Å². The predicted octanol–water partition coefficient (Wildman–Crippen LogP) is 4.85. The molecule has 0 fully saturated rings. The van der Waals surface area contributed by atoms with Crippen LogP contribution in [0.5, 0.6) is 11.5 Å². The van der Waals surface area contributed by atoms with E-state index in [4.69, 9.17) is 9.47 Å². The van der Waals surface area contributed by atoms with Gasteiger partial charge in [0.2, 0.25) is 10.0 Å². The van der Waals surface area contributed by atoms with E-state index >= 15 is 0 Å². The van der Waals surface area contributed by atoms with Crippen LogP contribution < -0.4 is 9.47 Å². The minimum absolute atomic E-state index is 0.00517. The predicted molar refractivity (Wildman–Crippen MR) is 123 cm³/mol. The molecule has 2 aromatic rings. The Bertz CT molecular complexity index is 1210. The number of allylic oxidation sites excluding steroid dienone is 1. The summed E-state index contributed by atoms with van der Waals surface area (Å²) in [6.45, 7) is 6.12. The van der Waals surface area contributed by atoms with Crippen molar-refractivity contribution in [3.63, 3.8) is 0 Å². The largest absolute Gasteiger partial charge is 0.497 e. The second-order valence-electron chi connectivity index (χ2n) is 8.81. The highest BCUT2D eigenvalue weighted by Crippen LogP contribution is 2.60. The highest BCUT2D eigenvalue weighted by atomic mass is 32.2. The number of aryl methyl sites for hydroxylation is 1. The molecule has 0 amide bonds. The lowest BCUT2D eigenvalue weighted by molar-refractivity contribution is 0.191. The summed E-state index contributed by atoms with van der Waals surface area (Å²) in [7, 11) is -2.06. The van der Waals surface area contributed by atoms with Crippen LogP contribution >= 0.6 is 11.8 Å². The van der Waals surface area contributed by atoms with Gasteiger partial charge in [0, 0.05) is 18.0 Å². The van der Waals surface area contributed by atoms with Crippen LogP contribution in [0.2, 0.25) is 0 Å². The number of nitrogens with zero attached hydrogens (tertiary/aromatic N) is 1. The van der Waals surface area contributed by atoms with Gasteiger partial charge in [0.15, 0.2) is 0 Å². The number of ether oxygens (including phenoxy) is 2. The fourth-order valence-corrected chi connectivity index (χ4v) is 7.75. The molecule has 0 saturated heterocycles. The van der Waals surface area contributed by atoms with E-state index in [2.05, 4.69) is 11.5 Å². The zero-order chi connectivity index (χ0) is 22.0. The standard InChI is InChI=1S/C24H25NO4S2/c1-16-5-8-18(9-6-16)31(26,27)25-15-24-20(11-12-30-24)19-13-17(28-4)7-10-21(19)29-22(24)14-23(25,2)3/h5-14,20H,15H2,1-4H3. The van der Waals surface area contributed by atoms with Gasteiger partial charge in [-0.3, -0.25) is 0 Å². The summed E-state index contributed by atoms with van der Waals surface area (Å²) >= 11 is 1.63. The summed E-state index contributed by atoms with van der Waals surface area (Å²) in [6, 6.07) is 12.9. The molecule has 2 unspecified atom stereocenters. The molecular formula is C24H25NO4S2. The monoisotopic (exact) mass is 455 g/mol. The van der Waals surface area contributed by atoms with Gasteiger partial charge in [0.05, 0.1) is 17.5 Å². The van der Waals surface area contributed by atoms with Crippen molar-refractivity contribution < 1.29 is 17.9 Å². The van der Waals surface area contributed by atoms with Crippen molar-refractivity contribution in [3.8, 4) is 11.5 Å². The normalized spacial score (nSPS) is 26.3. The zero-order valence-electron chi connectivity index (χ0n) is 18.0. The third kappa shape index (κ3) is 3.05. The summed E-state index contributed by atoms with van der Waals surface area (Å²) in [5.74, 6) is 2.38. The van der Waals surface area contributed by atoms with Gasteiger partial charge in [0.25, 0.3) is 0 Å². The Hall–Kier alpha value is -2.22. The van der Waals surface area contributed by atoms with Gasteiger partial charge >= 0.3 is 0 Å². The van der Waals surface area contributed by atoms with E-state index in [0.29, 0.717) is 11.4 Å². The summed E-state index contributed by atoms with van der Waals surface area (Å²) in [4.78, 5) is 0.311. The van der Waals surface area contributed by atoms with Gasteiger partial charge in [-0.2, -0.15) is 4.31 Å². The fraction of sp³-hybridized carbons (Fsp3) is 0.333. The average molecular weight is 456 g/mol. The summed E-state index contributed by atoms with van der Waals surface area (Å²) < 4.78 is 40.4. The van der Waals surface area contributed by atoms with Crippen LogP contribution in [-0.2, 0) is 10.0 Å². The van der Waals surface area contributed by atoms with Crippen LogP contribution in [0.15, 0.2) is 70.7 Å². The third-order valence-electron chi connectivity index (χ3n) is 6.36. The molecule has 1 spiro atoms. The molecule has 162 valence electrons. The molecule has 3 aliphatic rings. The summed E-state index contributed by atoms with van der Waals surface area (Å²) in [5.41, 5.74) is 1.31. The first kappa shape index (κ1) is 20.7. The zero-order valence-corrected chi connectivity index (χ0v) is 19.6. The topological polar surface area (TPSA) is 55.8 Å². The lowest BCUT2D eigenvalue weighted by Crippen LogP contribution is -2.59. The van der Waals surface area contributed by atoms with E-state index in [-0.39, 0.29) is 5.92 Å². The number of rotatable bonds is 3. The Labute approximate surface area is 187 Å². The molecule has 3 heterocycles. The number of thioether (sulfide) groups is 1. The molecular weight excluding hydrogens is 430 g/mol. The Balaban J connectivity index is 1.64. The van der Waals surface area contributed by atoms with Crippen LogP contribution in [0.25, 0.3) is 0 Å². The van der Waals surface area contributed by atoms with Crippen molar-refractivity contribution in [2.45, 2.75) is 41.9 Å². The molecule has 5 nitrogen and oxygen atoms in total. The summed E-state index contributed by atoms with van der Waals surface area (Å²) in [6.07, 6.45) is 4.12. The first-order chi connectivity index (χ1) is 14.7. The molecule has 0 aromatic heterocycles. The SMILES string of the molecule is COc1ccc2c(c1)C1C=CSC13CN(S(=O)(=O)c1ccc(C)cc1)C(C)(C)C=C3O2. The molecule has 7 heteroatoms. The van der Waals surface area contributed by atoms with E-state index < -0.39 is 20.3 Å². The average Bonchev–Trinajstić information content (AvgIpc) is 3.16. The Morgan fingerprint density at radius 1 is 1.16 bits per heavy atom. The Kier molecular flexibility index (Phi) is 4.59. The molecule has 0 radical (unpaired) electrons. The molecule has 0 N–H and O–H groups in total. The van der Waals surface area contributed by atoms with E-state index in [1.165, 1.54) is 0 Å². The second-order valence-corrected chi connectivity index (χ2v) is 11.9. The number of sulfonamides is 1. The highest BCUT2D eigenvalue weighted by molar-refractivity contribution is 8.04. The molecule has 0 bridgehead atoms. The van der Waals surface area contributed by atoms with Crippen molar-refractivity contribution in [1.29, 1.82) is 0 Å². The van der Waals surface area contributed by atoms with Crippen molar-refractivity contribution in [1.82, 2.24) is 4.31 Å². The van der Waals surface area contributed by atoms with Crippen molar-refractivity contribution in [2.75, 3.05) is 13.7 Å². The molecule has 5 rings (SSSR count). The summed E-state index contributed by atoms with van der Waals surface area (Å²) in [5, 5.41) is 2.06. The van der Waals surface area contributed by atoms with Crippen LogP contribution in [0, 0.1) is 6.92 Å². The number of hydrogen-bond acceptors (Lipinski definition) is 5. The first-order valence-electron chi connectivity index (χ1n) is 10.2. The maximum Gasteiger partial charge on any atom is 0.243 e. The lowest BCUT2D eigenvalue weighted by Gasteiger charge is -2.51. The molecule has 31 heavy (non-hydrogen) atoms. The highest BCUT2D eigenvalue weighted by Gasteiger charge is 2.57. The van der Waals surface area contributed by atoms with E-state index in [0.717, 1.165) is 28.4 Å². The van der Waals surface area contributed by atoms with Gasteiger partial charge in [-0.05, 0) is 62.6 Å². The van der Waals surface area contributed by atoms with Crippen LogP contribution in [0.1, 0.15) is 30.9 Å². The van der Waals surface area contributed by atoms with Gasteiger partial charge in [0.1, 0.15) is 22.0 Å². The van der Waals surface area contributed by atoms with Crippen molar-refractivity contribution in [3.05, 3.63) is 76.9 Å². The smallest absolute Gasteiger partial charge is 0.243 e. The van der Waals surface area contributed by atoms with E-state index in [1.54, 1.807) is 35.3 Å². The molecule has 3 aliphatic heterocycles. The molecule has 0 aliphatic carbocycles. The fourth-order valence-electron chi connectivity index (χ4n) is 4.64. The maximum atomic E-state index is 13.7. The maximum absolute atomic E-state index is 13.7. The van der Waals surface area contributed by atoms with Crippen LogP contribution in [0.3, 0.4) is 0 Å². The minimum Gasteiger partial charge on any atom is -0.497 e.